The summed E-state index contributed by atoms with van der Waals surface area (Å²) in [6, 6.07) is 6.71. The number of amides is 2. The van der Waals surface area contributed by atoms with Crippen LogP contribution in [0, 0.1) is 0 Å². The Bertz CT molecular complexity index is 613. The molecule has 21 heavy (non-hydrogen) atoms. The molecular formula is C15H17BrN2O3. The summed E-state index contributed by atoms with van der Waals surface area (Å²) in [6.07, 6.45) is 0. The van der Waals surface area contributed by atoms with Crippen molar-refractivity contribution in [1.82, 2.24) is 10.2 Å². The number of carbonyl (C=O) groups is 2. The molecular weight excluding hydrogens is 336 g/mol. The van der Waals surface area contributed by atoms with Gasteiger partial charge < -0.3 is 15.0 Å². The average molecular weight is 353 g/mol. The summed E-state index contributed by atoms with van der Waals surface area (Å²) in [5.74, 6) is -0.414. The van der Waals surface area contributed by atoms with Crippen LogP contribution in [0.25, 0.3) is 0 Å². The second-order valence-corrected chi connectivity index (χ2v) is 5.54. The third-order valence-electron chi connectivity index (χ3n) is 3.47. The quantitative estimate of drug-likeness (QED) is 0.850. The van der Waals surface area contributed by atoms with Crippen LogP contribution < -0.4 is 5.32 Å². The van der Waals surface area contributed by atoms with Crippen molar-refractivity contribution in [3.05, 3.63) is 45.6 Å². The normalized spacial score (nSPS) is 18.6. The number of hydrogen-bond donors (Lipinski definition) is 1. The smallest absolute Gasteiger partial charge is 0.338 e. The standard InChI is InChI=1S/C15H17BrN2O3/c1-4-21-14(19)12-9(2)18(3)15(20)17-13(12)10-7-5-6-8-11(10)16/h5-8,13H,4H2,1-3H3,(H,17,20)/t13-/m1/s1. The highest BCUT2D eigenvalue weighted by atomic mass is 79.9. The zero-order chi connectivity index (χ0) is 15.6. The lowest BCUT2D eigenvalue weighted by molar-refractivity contribution is -0.139. The Balaban J connectivity index is 2.54. The lowest BCUT2D eigenvalue weighted by Crippen LogP contribution is -2.46. The molecule has 0 saturated heterocycles. The van der Waals surface area contributed by atoms with Crippen molar-refractivity contribution in [2.24, 2.45) is 0 Å². The molecule has 1 aliphatic heterocycles. The van der Waals surface area contributed by atoms with Crippen LogP contribution in [0.15, 0.2) is 40.0 Å². The van der Waals surface area contributed by atoms with Gasteiger partial charge in [0.05, 0.1) is 18.2 Å². The first-order valence-corrected chi connectivity index (χ1v) is 7.43. The van der Waals surface area contributed by atoms with Gasteiger partial charge in [0.1, 0.15) is 0 Å². The van der Waals surface area contributed by atoms with Crippen LogP contribution in [0.3, 0.4) is 0 Å². The molecule has 2 amide bonds. The van der Waals surface area contributed by atoms with Crippen molar-refractivity contribution in [3.8, 4) is 0 Å². The van der Waals surface area contributed by atoms with Crippen molar-refractivity contribution in [3.63, 3.8) is 0 Å². The maximum Gasteiger partial charge on any atom is 0.338 e. The van der Waals surface area contributed by atoms with E-state index in [0.29, 0.717) is 11.3 Å². The van der Waals surface area contributed by atoms with Crippen LogP contribution in [-0.4, -0.2) is 30.6 Å². The fourth-order valence-electron chi connectivity index (χ4n) is 2.25. The minimum atomic E-state index is -0.525. The molecule has 0 spiro atoms. The van der Waals surface area contributed by atoms with E-state index in [0.717, 1.165) is 10.0 Å². The lowest BCUT2D eigenvalue weighted by Gasteiger charge is -2.33. The minimum Gasteiger partial charge on any atom is -0.463 e. The number of rotatable bonds is 3. The van der Waals surface area contributed by atoms with E-state index in [-0.39, 0.29) is 12.6 Å². The fraction of sp³-hybridized carbons (Fsp3) is 0.333. The van der Waals surface area contributed by atoms with E-state index in [1.54, 1.807) is 20.9 Å². The number of nitrogens with zero attached hydrogens (tertiary/aromatic N) is 1. The number of ether oxygens (including phenoxy) is 1. The summed E-state index contributed by atoms with van der Waals surface area (Å²) in [5.41, 5.74) is 1.87. The summed E-state index contributed by atoms with van der Waals surface area (Å²) >= 11 is 3.46. The predicted molar refractivity (Wildman–Crippen MR) is 82.5 cm³/mol. The van der Waals surface area contributed by atoms with Gasteiger partial charge in [0.15, 0.2) is 0 Å². The van der Waals surface area contributed by atoms with Gasteiger partial charge in [-0.15, -0.1) is 0 Å². The van der Waals surface area contributed by atoms with E-state index >= 15 is 0 Å². The Morgan fingerprint density at radius 2 is 2.10 bits per heavy atom. The molecule has 112 valence electrons. The third kappa shape index (κ3) is 2.95. The topological polar surface area (TPSA) is 58.6 Å². The summed E-state index contributed by atoms with van der Waals surface area (Å²) in [5, 5.41) is 2.84. The number of hydrogen-bond acceptors (Lipinski definition) is 3. The number of urea groups is 1. The molecule has 0 aliphatic carbocycles. The highest BCUT2D eigenvalue weighted by Gasteiger charge is 2.35. The summed E-state index contributed by atoms with van der Waals surface area (Å²) in [7, 11) is 1.63. The maximum absolute atomic E-state index is 12.3. The van der Waals surface area contributed by atoms with Gasteiger partial charge in [-0.05, 0) is 25.5 Å². The van der Waals surface area contributed by atoms with Crippen LogP contribution in [0.4, 0.5) is 4.79 Å². The Labute approximate surface area is 132 Å². The van der Waals surface area contributed by atoms with E-state index in [9.17, 15) is 9.59 Å². The van der Waals surface area contributed by atoms with E-state index in [4.69, 9.17) is 4.74 Å². The maximum atomic E-state index is 12.3. The van der Waals surface area contributed by atoms with Crippen molar-refractivity contribution < 1.29 is 14.3 Å². The highest BCUT2D eigenvalue weighted by Crippen LogP contribution is 2.34. The molecule has 0 bridgehead atoms. The lowest BCUT2D eigenvalue weighted by atomic mass is 9.95. The molecule has 2 rings (SSSR count). The van der Waals surface area contributed by atoms with Crippen LogP contribution in [0.2, 0.25) is 0 Å². The van der Waals surface area contributed by atoms with Crippen molar-refractivity contribution >= 4 is 27.9 Å². The van der Waals surface area contributed by atoms with Crippen LogP contribution in [0.5, 0.6) is 0 Å². The van der Waals surface area contributed by atoms with Gasteiger partial charge in [0.2, 0.25) is 0 Å². The Morgan fingerprint density at radius 1 is 1.43 bits per heavy atom. The molecule has 1 aromatic carbocycles. The van der Waals surface area contributed by atoms with E-state index < -0.39 is 12.0 Å². The summed E-state index contributed by atoms with van der Waals surface area (Å²) < 4.78 is 5.97. The van der Waals surface area contributed by atoms with Gasteiger partial charge in [-0.25, -0.2) is 9.59 Å². The average Bonchev–Trinajstić information content (AvgIpc) is 2.45. The second-order valence-electron chi connectivity index (χ2n) is 4.68. The first-order chi connectivity index (χ1) is 9.97. The van der Waals surface area contributed by atoms with Crippen LogP contribution in [-0.2, 0) is 9.53 Å². The molecule has 0 unspecified atom stereocenters. The molecule has 0 saturated carbocycles. The monoisotopic (exact) mass is 352 g/mol. The fourth-order valence-corrected chi connectivity index (χ4v) is 2.76. The molecule has 1 N–H and O–H groups in total. The molecule has 1 aromatic rings. The molecule has 0 radical (unpaired) electrons. The largest absolute Gasteiger partial charge is 0.463 e. The molecule has 1 atom stereocenters. The Morgan fingerprint density at radius 3 is 2.71 bits per heavy atom. The van der Waals surface area contributed by atoms with E-state index in [2.05, 4.69) is 21.2 Å². The molecule has 1 heterocycles. The van der Waals surface area contributed by atoms with Crippen molar-refractivity contribution in [2.45, 2.75) is 19.9 Å². The SMILES string of the molecule is CCOC(=O)C1=C(C)N(C)C(=O)N[C@@H]1c1ccccc1Br. The van der Waals surface area contributed by atoms with Crippen LogP contribution in [0.1, 0.15) is 25.5 Å². The number of halogens is 1. The molecule has 0 aromatic heterocycles. The first kappa shape index (κ1) is 15.6. The minimum absolute atomic E-state index is 0.249. The zero-order valence-electron chi connectivity index (χ0n) is 12.1. The Hall–Kier alpha value is -1.82. The number of carbonyl (C=O) groups excluding carboxylic acids is 2. The van der Waals surface area contributed by atoms with Gasteiger partial charge in [-0.1, -0.05) is 34.1 Å². The third-order valence-corrected chi connectivity index (χ3v) is 4.19. The van der Waals surface area contributed by atoms with Crippen molar-refractivity contribution in [1.29, 1.82) is 0 Å². The highest BCUT2D eigenvalue weighted by molar-refractivity contribution is 9.10. The van der Waals surface area contributed by atoms with Gasteiger partial charge in [-0.2, -0.15) is 0 Å². The van der Waals surface area contributed by atoms with Crippen molar-refractivity contribution in [2.75, 3.05) is 13.7 Å². The second kappa shape index (κ2) is 6.30. The molecule has 6 heteroatoms. The van der Waals surface area contributed by atoms with Gasteiger partial charge >= 0.3 is 12.0 Å². The molecule has 5 nitrogen and oxygen atoms in total. The number of allylic oxidation sites excluding steroid dienone is 1. The van der Waals surface area contributed by atoms with Gasteiger partial charge in [0.25, 0.3) is 0 Å². The van der Waals surface area contributed by atoms with Gasteiger partial charge in [-0.3, -0.25) is 0 Å². The van der Waals surface area contributed by atoms with E-state index in [1.165, 1.54) is 4.90 Å². The van der Waals surface area contributed by atoms with Gasteiger partial charge in [0, 0.05) is 17.2 Å². The molecule has 1 aliphatic rings. The number of nitrogens with one attached hydrogen (secondary N) is 1. The summed E-state index contributed by atoms with van der Waals surface area (Å²) in [6.45, 7) is 3.79. The number of esters is 1. The van der Waals surface area contributed by atoms with Crippen LogP contribution >= 0.6 is 15.9 Å². The Kier molecular flexibility index (Phi) is 4.67. The summed E-state index contributed by atoms with van der Waals surface area (Å²) in [4.78, 5) is 25.7. The molecule has 0 fully saturated rings. The first-order valence-electron chi connectivity index (χ1n) is 6.63. The zero-order valence-corrected chi connectivity index (χ0v) is 13.7. The number of benzene rings is 1. The predicted octanol–water partition coefficient (Wildman–Crippen LogP) is 2.98. The van der Waals surface area contributed by atoms with E-state index in [1.807, 2.05) is 24.3 Å².